The van der Waals surface area contributed by atoms with E-state index in [1.165, 1.54) is 12.1 Å². The van der Waals surface area contributed by atoms with Crippen LogP contribution in [0.5, 0.6) is 0 Å². The van der Waals surface area contributed by atoms with Crippen LogP contribution in [0.3, 0.4) is 0 Å². The van der Waals surface area contributed by atoms with Gasteiger partial charge in [-0.05, 0) is 32.0 Å². The van der Waals surface area contributed by atoms with Crippen molar-refractivity contribution in [1.29, 1.82) is 0 Å². The molecule has 110 valence electrons. The molecule has 1 amide bonds. The third-order valence-corrected chi connectivity index (χ3v) is 3.24. The minimum atomic E-state index is -1.05. The molecule has 21 heavy (non-hydrogen) atoms. The van der Waals surface area contributed by atoms with Crippen molar-refractivity contribution < 1.29 is 14.7 Å². The summed E-state index contributed by atoms with van der Waals surface area (Å²) < 4.78 is 1.69. The Kier molecular flexibility index (Phi) is 4.07. The number of carboxylic acid groups (broad SMARTS) is 1. The van der Waals surface area contributed by atoms with E-state index in [1.54, 1.807) is 16.8 Å². The normalized spacial score (nSPS) is 12.0. The van der Waals surface area contributed by atoms with Crippen LogP contribution in [0.2, 0.25) is 0 Å². The van der Waals surface area contributed by atoms with Gasteiger partial charge in [-0.1, -0.05) is 6.07 Å². The molecular formula is C15H17N3O3. The lowest BCUT2D eigenvalue weighted by Crippen LogP contribution is -2.27. The fraction of sp³-hybridized carbons (Fsp3) is 0.267. The lowest BCUT2D eigenvalue weighted by molar-refractivity contribution is 0.0697. The molecule has 1 atom stereocenters. The summed E-state index contributed by atoms with van der Waals surface area (Å²) in [5, 5.41) is 16.0. The number of carbonyl (C=O) groups excluding carboxylic acids is 1. The molecule has 6 nitrogen and oxygen atoms in total. The SMILES string of the molecule is Cc1nn(C)cc1C(C)NC(=O)c1cccc(C(=O)O)c1. The van der Waals surface area contributed by atoms with Gasteiger partial charge in [-0.15, -0.1) is 0 Å². The summed E-state index contributed by atoms with van der Waals surface area (Å²) >= 11 is 0. The van der Waals surface area contributed by atoms with Gasteiger partial charge >= 0.3 is 5.97 Å². The van der Waals surface area contributed by atoms with Crippen molar-refractivity contribution in [1.82, 2.24) is 15.1 Å². The van der Waals surface area contributed by atoms with E-state index >= 15 is 0 Å². The Hall–Kier alpha value is -2.63. The van der Waals surface area contributed by atoms with Gasteiger partial charge in [0.15, 0.2) is 0 Å². The van der Waals surface area contributed by atoms with Crippen LogP contribution in [0.25, 0.3) is 0 Å². The van der Waals surface area contributed by atoms with E-state index < -0.39 is 5.97 Å². The minimum Gasteiger partial charge on any atom is -0.478 e. The third kappa shape index (κ3) is 3.28. The molecule has 2 rings (SSSR count). The molecule has 0 radical (unpaired) electrons. The zero-order chi connectivity index (χ0) is 15.6. The molecule has 1 aromatic heterocycles. The second-order valence-electron chi connectivity index (χ2n) is 4.92. The first-order valence-corrected chi connectivity index (χ1v) is 6.53. The average molecular weight is 287 g/mol. The van der Waals surface area contributed by atoms with Gasteiger partial charge in [-0.3, -0.25) is 9.48 Å². The van der Waals surface area contributed by atoms with Crippen LogP contribution < -0.4 is 5.32 Å². The summed E-state index contributed by atoms with van der Waals surface area (Å²) in [4.78, 5) is 23.1. The molecule has 1 unspecified atom stereocenters. The number of rotatable bonds is 4. The number of carbonyl (C=O) groups is 2. The predicted octanol–water partition coefficient (Wildman–Crippen LogP) is 1.92. The first-order valence-electron chi connectivity index (χ1n) is 6.53. The van der Waals surface area contributed by atoms with Gasteiger partial charge < -0.3 is 10.4 Å². The highest BCUT2D eigenvalue weighted by atomic mass is 16.4. The fourth-order valence-electron chi connectivity index (χ4n) is 2.19. The summed E-state index contributed by atoms with van der Waals surface area (Å²) in [6.07, 6.45) is 1.86. The van der Waals surface area contributed by atoms with Crippen molar-refractivity contribution in [2.75, 3.05) is 0 Å². The van der Waals surface area contributed by atoms with Crippen LogP contribution in [0.4, 0.5) is 0 Å². The summed E-state index contributed by atoms with van der Waals surface area (Å²) in [7, 11) is 1.82. The van der Waals surface area contributed by atoms with Crippen molar-refractivity contribution in [2.45, 2.75) is 19.9 Å². The monoisotopic (exact) mass is 287 g/mol. The predicted molar refractivity (Wildman–Crippen MR) is 77.2 cm³/mol. The Morgan fingerprint density at radius 2 is 2.00 bits per heavy atom. The van der Waals surface area contributed by atoms with E-state index in [2.05, 4.69) is 10.4 Å². The number of carboxylic acids is 1. The van der Waals surface area contributed by atoms with Crippen molar-refractivity contribution in [3.63, 3.8) is 0 Å². The number of nitrogens with one attached hydrogen (secondary N) is 1. The molecule has 2 N–H and O–H groups in total. The van der Waals surface area contributed by atoms with Crippen LogP contribution in [0.15, 0.2) is 30.5 Å². The van der Waals surface area contributed by atoms with Crippen molar-refractivity contribution >= 4 is 11.9 Å². The van der Waals surface area contributed by atoms with Crippen molar-refractivity contribution in [3.05, 3.63) is 52.8 Å². The van der Waals surface area contributed by atoms with E-state index in [9.17, 15) is 9.59 Å². The van der Waals surface area contributed by atoms with Crippen LogP contribution >= 0.6 is 0 Å². The lowest BCUT2D eigenvalue weighted by Gasteiger charge is -2.13. The minimum absolute atomic E-state index is 0.0906. The van der Waals surface area contributed by atoms with Crippen molar-refractivity contribution in [2.24, 2.45) is 7.05 Å². The third-order valence-electron chi connectivity index (χ3n) is 3.24. The first-order chi connectivity index (χ1) is 9.88. The molecule has 0 spiro atoms. The molecule has 0 aliphatic heterocycles. The highest BCUT2D eigenvalue weighted by Gasteiger charge is 2.16. The Morgan fingerprint density at radius 1 is 1.33 bits per heavy atom. The van der Waals surface area contributed by atoms with Gasteiger partial charge in [0.25, 0.3) is 5.91 Å². The van der Waals surface area contributed by atoms with E-state index in [0.29, 0.717) is 5.56 Å². The zero-order valence-corrected chi connectivity index (χ0v) is 12.1. The first kappa shape index (κ1) is 14.8. The smallest absolute Gasteiger partial charge is 0.335 e. The molecule has 0 aliphatic rings. The maximum Gasteiger partial charge on any atom is 0.335 e. The molecule has 1 heterocycles. The number of amides is 1. The molecule has 2 aromatic rings. The molecule has 0 aliphatic carbocycles. The van der Waals surface area contributed by atoms with Crippen LogP contribution in [0, 0.1) is 6.92 Å². The average Bonchev–Trinajstić information content (AvgIpc) is 2.77. The standard InChI is InChI=1S/C15H17N3O3/c1-9(13-8-18(3)17-10(13)2)16-14(19)11-5-4-6-12(7-11)15(20)21/h4-9H,1-3H3,(H,16,19)(H,20,21). The Bertz CT molecular complexity index is 691. The quantitative estimate of drug-likeness (QED) is 0.899. The van der Waals surface area contributed by atoms with Gasteiger partial charge in [-0.2, -0.15) is 5.10 Å². The molecule has 6 heteroatoms. The van der Waals surface area contributed by atoms with Gasteiger partial charge in [0.2, 0.25) is 0 Å². The summed E-state index contributed by atoms with van der Waals surface area (Å²) in [5.74, 6) is -1.37. The molecule has 0 fully saturated rings. The fourth-order valence-corrected chi connectivity index (χ4v) is 2.19. The Morgan fingerprint density at radius 3 is 2.57 bits per heavy atom. The maximum absolute atomic E-state index is 12.2. The van der Waals surface area contributed by atoms with Gasteiger partial charge in [0, 0.05) is 24.4 Å². The van der Waals surface area contributed by atoms with Crippen LogP contribution in [-0.4, -0.2) is 26.8 Å². The van der Waals surface area contributed by atoms with E-state index in [1.807, 2.05) is 27.1 Å². The topological polar surface area (TPSA) is 84.2 Å². The summed E-state index contributed by atoms with van der Waals surface area (Å²) in [6, 6.07) is 5.75. The molecule has 1 aromatic carbocycles. The summed E-state index contributed by atoms with van der Waals surface area (Å²) in [5.41, 5.74) is 2.20. The molecule has 0 saturated carbocycles. The van der Waals surface area contributed by atoms with Crippen molar-refractivity contribution in [3.8, 4) is 0 Å². The van der Waals surface area contributed by atoms with Crippen LogP contribution in [0.1, 0.15) is 44.9 Å². The number of aromatic nitrogens is 2. The molecule has 0 bridgehead atoms. The lowest BCUT2D eigenvalue weighted by atomic mass is 10.1. The van der Waals surface area contributed by atoms with Gasteiger partial charge in [-0.25, -0.2) is 4.79 Å². The Labute approximate surface area is 122 Å². The highest BCUT2D eigenvalue weighted by molar-refractivity contribution is 5.97. The van der Waals surface area contributed by atoms with E-state index in [4.69, 9.17) is 5.11 Å². The number of hydrogen-bond acceptors (Lipinski definition) is 3. The Balaban J connectivity index is 2.16. The van der Waals surface area contributed by atoms with E-state index in [0.717, 1.165) is 11.3 Å². The van der Waals surface area contributed by atoms with E-state index in [-0.39, 0.29) is 17.5 Å². The van der Waals surface area contributed by atoms with Gasteiger partial charge in [0.05, 0.1) is 17.3 Å². The van der Waals surface area contributed by atoms with Crippen LogP contribution in [-0.2, 0) is 7.05 Å². The molecule has 0 saturated heterocycles. The maximum atomic E-state index is 12.2. The number of aryl methyl sites for hydroxylation is 2. The largest absolute Gasteiger partial charge is 0.478 e. The molecular weight excluding hydrogens is 270 g/mol. The second-order valence-corrected chi connectivity index (χ2v) is 4.92. The summed E-state index contributed by atoms with van der Waals surface area (Å²) in [6.45, 7) is 3.74. The highest BCUT2D eigenvalue weighted by Crippen LogP contribution is 2.16. The van der Waals surface area contributed by atoms with Gasteiger partial charge in [0.1, 0.15) is 0 Å². The second kappa shape index (κ2) is 5.78. The number of aromatic carboxylic acids is 1. The number of benzene rings is 1. The number of hydrogen-bond donors (Lipinski definition) is 2. The number of nitrogens with zero attached hydrogens (tertiary/aromatic N) is 2. The zero-order valence-electron chi connectivity index (χ0n) is 12.1.